The molecule has 8 nitrogen and oxygen atoms in total. The minimum absolute atomic E-state index is 0.255. The minimum atomic E-state index is -1.17. The number of hydrogen-bond donors (Lipinski definition) is 3. The number of likely N-dealkylation sites (tertiary alicyclic amines) is 1. The van der Waals surface area contributed by atoms with Crippen molar-refractivity contribution in [2.24, 2.45) is 11.8 Å². The first-order valence-corrected chi connectivity index (χ1v) is 14.2. The van der Waals surface area contributed by atoms with Crippen molar-refractivity contribution in [1.82, 2.24) is 10.2 Å². The molecule has 3 amide bonds. The molecule has 3 saturated heterocycles. The molecule has 3 aromatic rings. The molecule has 0 saturated carbocycles. The molecule has 212 valence electrons. The summed E-state index contributed by atoms with van der Waals surface area (Å²) in [4.78, 5) is 43.8. The van der Waals surface area contributed by atoms with Gasteiger partial charge in [-0.25, -0.2) is 0 Å². The summed E-state index contributed by atoms with van der Waals surface area (Å²) in [7, 11) is 0. The predicted octanol–water partition coefficient (Wildman–Crippen LogP) is 3.67. The number of fused-ring (bicyclic) bond motifs is 1. The summed E-state index contributed by atoms with van der Waals surface area (Å²) in [6.07, 6.45) is 0.593. The lowest BCUT2D eigenvalue weighted by molar-refractivity contribution is -0.144. The van der Waals surface area contributed by atoms with Crippen LogP contribution in [-0.2, 0) is 25.7 Å². The van der Waals surface area contributed by atoms with Crippen molar-refractivity contribution in [3.05, 3.63) is 101 Å². The molecule has 6 atom stereocenters. The molecule has 8 heteroatoms. The van der Waals surface area contributed by atoms with Crippen LogP contribution in [0.15, 0.2) is 78.9 Å². The van der Waals surface area contributed by atoms with Crippen molar-refractivity contribution >= 4 is 23.4 Å². The van der Waals surface area contributed by atoms with Gasteiger partial charge in [0, 0.05) is 12.2 Å². The molecule has 0 aliphatic carbocycles. The molecular weight excluding hydrogens is 518 g/mol. The highest BCUT2D eigenvalue weighted by molar-refractivity contribution is 6.04. The summed E-state index contributed by atoms with van der Waals surface area (Å²) < 4.78 is 6.57. The van der Waals surface area contributed by atoms with E-state index < -0.39 is 35.6 Å². The zero-order valence-corrected chi connectivity index (χ0v) is 23.2. The van der Waals surface area contributed by atoms with Crippen molar-refractivity contribution in [3.63, 3.8) is 0 Å². The predicted molar refractivity (Wildman–Crippen MR) is 154 cm³/mol. The number of carbonyl (C=O) groups excluding carboxylic acids is 3. The van der Waals surface area contributed by atoms with Gasteiger partial charge in [-0.1, -0.05) is 78.9 Å². The van der Waals surface area contributed by atoms with Crippen LogP contribution in [0.2, 0.25) is 0 Å². The Labute approximate surface area is 239 Å². The second kappa shape index (κ2) is 10.8. The van der Waals surface area contributed by atoms with Gasteiger partial charge in [0.2, 0.25) is 17.7 Å². The van der Waals surface area contributed by atoms with Crippen LogP contribution >= 0.6 is 0 Å². The SMILES string of the molecule is Cc1cccc(C)c1NC(=O)C1N([C@H](CO)c2ccccc2)C(=O)[C@@H]2[C@@H](C(=O)NCc3ccccc3)[C@H]3CCC12O3. The van der Waals surface area contributed by atoms with E-state index in [0.717, 1.165) is 16.7 Å². The maximum absolute atomic E-state index is 14.4. The zero-order valence-electron chi connectivity index (χ0n) is 23.2. The average molecular weight is 554 g/mol. The minimum Gasteiger partial charge on any atom is -0.394 e. The van der Waals surface area contributed by atoms with Gasteiger partial charge in [0.05, 0.1) is 30.6 Å². The summed E-state index contributed by atoms with van der Waals surface area (Å²) >= 11 is 0. The second-order valence-electron chi connectivity index (χ2n) is 11.4. The fraction of sp³-hybridized carbons (Fsp3) is 0.364. The van der Waals surface area contributed by atoms with Gasteiger partial charge in [-0.3, -0.25) is 14.4 Å². The molecule has 2 bridgehead atoms. The average Bonchev–Trinajstić information content (AvgIpc) is 3.63. The van der Waals surface area contributed by atoms with E-state index in [9.17, 15) is 19.5 Å². The molecule has 3 aliphatic rings. The zero-order chi connectivity index (χ0) is 28.7. The van der Waals surface area contributed by atoms with E-state index in [4.69, 9.17) is 4.74 Å². The number of aliphatic hydroxyl groups is 1. The molecular formula is C33H35N3O5. The highest BCUT2D eigenvalue weighted by Crippen LogP contribution is 2.59. The van der Waals surface area contributed by atoms with Crippen LogP contribution in [0, 0.1) is 25.7 Å². The lowest BCUT2D eigenvalue weighted by Gasteiger charge is -2.37. The summed E-state index contributed by atoms with van der Waals surface area (Å²) in [5.74, 6) is -2.52. The van der Waals surface area contributed by atoms with E-state index >= 15 is 0 Å². The second-order valence-corrected chi connectivity index (χ2v) is 11.4. The number of hydrogen-bond acceptors (Lipinski definition) is 5. The quantitative estimate of drug-likeness (QED) is 0.395. The molecule has 3 N–H and O–H groups in total. The molecule has 3 heterocycles. The Morgan fingerprint density at radius 1 is 0.976 bits per heavy atom. The van der Waals surface area contributed by atoms with Crippen molar-refractivity contribution in [2.75, 3.05) is 11.9 Å². The number of benzene rings is 3. The number of ether oxygens (including phenoxy) is 1. The Kier molecular flexibility index (Phi) is 7.13. The van der Waals surface area contributed by atoms with Gasteiger partial charge in [0.1, 0.15) is 11.6 Å². The van der Waals surface area contributed by atoms with Crippen molar-refractivity contribution in [3.8, 4) is 0 Å². The van der Waals surface area contributed by atoms with Crippen LogP contribution in [0.3, 0.4) is 0 Å². The van der Waals surface area contributed by atoms with Gasteiger partial charge < -0.3 is 25.4 Å². The number of amides is 3. The van der Waals surface area contributed by atoms with Crippen LogP contribution in [-0.4, -0.2) is 52.1 Å². The van der Waals surface area contributed by atoms with Gasteiger partial charge in [-0.2, -0.15) is 0 Å². The number of nitrogens with zero attached hydrogens (tertiary/aromatic N) is 1. The third kappa shape index (κ3) is 4.51. The first-order valence-electron chi connectivity index (χ1n) is 14.2. The van der Waals surface area contributed by atoms with E-state index in [2.05, 4.69) is 10.6 Å². The number of aryl methyl sites for hydroxylation is 2. The van der Waals surface area contributed by atoms with Gasteiger partial charge in [0.15, 0.2) is 0 Å². The Bertz CT molecular complexity index is 1440. The molecule has 1 spiro atoms. The number of nitrogens with one attached hydrogen (secondary N) is 2. The van der Waals surface area contributed by atoms with E-state index in [0.29, 0.717) is 30.6 Å². The highest BCUT2D eigenvalue weighted by Gasteiger charge is 2.75. The number of rotatable bonds is 8. The van der Waals surface area contributed by atoms with Gasteiger partial charge in [-0.05, 0) is 48.9 Å². The molecule has 6 rings (SSSR count). The summed E-state index contributed by atoms with van der Waals surface area (Å²) in [6.45, 7) is 3.80. The van der Waals surface area contributed by atoms with Gasteiger partial charge >= 0.3 is 0 Å². The lowest BCUT2D eigenvalue weighted by Crippen LogP contribution is -2.54. The highest BCUT2D eigenvalue weighted by atomic mass is 16.5. The third-order valence-electron chi connectivity index (χ3n) is 9.02. The van der Waals surface area contributed by atoms with Crippen molar-refractivity contribution in [1.29, 1.82) is 0 Å². The first-order chi connectivity index (χ1) is 19.9. The summed E-state index contributed by atoms with van der Waals surface area (Å²) in [6, 6.07) is 22.8. The lowest BCUT2D eigenvalue weighted by atomic mass is 9.70. The molecule has 0 aromatic heterocycles. The van der Waals surface area contributed by atoms with E-state index in [1.165, 1.54) is 4.90 Å². The molecule has 41 heavy (non-hydrogen) atoms. The largest absolute Gasteiger partial charge is 0.394 e. The molecule has 3 fully saturated rings. The van der Waals surface area contributed by atoms with Crippen LogP contribution in [0.4, 0.5) is 5.69 Å². The Morgan fingerprint density at radius 2 is 1.63 bits per heavy atom. The van der Waals surface area contributed by atoms with Crippen LogP contribution < -0.4 is 10.6 Å². The molecule has 0 radical (unpaired) electrons. The topological polar surface area (TPSA) is 108 Å². The molecule has 3 aromatic carbocycles. The van der Waals surface area contributed by atoms with Gasteiger partial charge in [-0.15, -0.1) is 0 Å². The third-order valence-corrected chi connectivity index (χ3v) is 9.02. The first kappa shape index (κ1) is 27.2. The molecule has 2 unspecified atom stereocenters. The fourth-order valence-corrected chi connectivity index (χ4v) is 7.16. The monoisotopic (exact) mass is 553 g/mol. The van der Waals surface area contributed by atoms with E-state index in [1.807, 2.05) is 92.7 Å². The normalized spacial score (nSPS) is 27.0. The number of aliphatic hydroxyl groups excluding tert-OH is 1. The summed E-state index contributed by atoms with van der Waals surface area (Å²) in [5, 5.41) is 16.7. The number of carbonyl (C=O) groups is 3. The Hall–Kier alpha value is -4.01. The van der Waals surface area contributed by atoms with Crippen molar-refractivity contribution in [2.45, 2.75) is 57.0 Å². The summed E-state index contributed by atoms with van der Waals surface area (Å²) in [5.41, 5.74) is 2.99. The van der Waals surface area contributed by atoms with Gasteiger partial charge in [0.25, 0.3) is 0 Å². The molecule has 3 aliphatic heterocycles. The Morgan fingerprint density at radius 3 is 2.29 bits per heavy atom. The maximum atomic E-state index is 14.4. The van der Waals surface area contributed by atoms with Crippen molar-refractivity contribution < 1.29 is 24.2 Å². The van der Waals surface area contributed by atoms with E-state index in [1.54, 1.807) is 0 Å². The Balaban J connectivity index is 1.38. The number of anilines is 1. The maximum Gasteiger partial charge on any atom is 0.250 e. The van der Waals surface area contributed by atoms with Crippen LogP contribution in [0.5, 0.6) is 0 Å². The van der Waals surface area contributed by atoms with Crippen LogP contribution in [0.1, 0.15) is 41.1 Å². The van der Waals surface area contributed by atoms with Crippen LogP contribution in [0.25, 0.3) is 0 Å². The standard InChI is InChI=1S/C33H35N3O5/c1-20-10-9-11-21(2)28(20)35-31(39)29-33-17-16-25(41-33)26(30(38)34-18-22-12-5-3-6-13-22)27(33)32(40)36(29)24(19-37)23-14-7-4-8-15-23/h3-15,24-27,29,37H,16-19H2,1-2H3,(H,34,38)(H,35,39)/t24-,25-,26+,27+,29?,33?/m1/s1. The smallest absolute Gasteiger partial charge is 0.250 e. The fourth-order valence-electron chi connectivity index (χ4n) is 7.16. The number of para-hydroxylation sites is 1. The van der Waals surface area contributed by atoms with E-state index in [-0.39, 0.29) is 24.3 Å².